The van der Waals surface area contributed by atoms with Crippen LogP contribution in [0.4, 0.5) is 16.2 Å². The summed E-state index contributed by atoms with van der Waals surface area (Å²) in [5.41, 5.74) is 3.56. The van der Waals surface area contributed by atoms with Gasteiger partial charge in [-0.2, -0.15) is 0 Å². The fourth-order valence-electron chi connectivity index (χ4n) is 2.57. The number of para-hydroxylation sites is 1. The summed E-state index contributed by atoms with van der Waals surface area (Å²) in [7, 11) is 0. The summed E-state index contributed by atoms with van der Waals surface area (Å²) in [4.78, 5) is 11.6. The first-order valence-electron chi connectivity index (χ1n) is 8.41. The van der Waals surface area contributed by atoms with Gasteiger partial charge >= 0.3 is 6.09 Å². The number of furan rings is 1. The Kier molecular flexibility index (Phi) is 5.23. The largest absolute Gasteiger partial charge is 0.459 e. The third-order valence-electron chi connectivity index (χ3n) is 3.84. The van der Waals surface area contributed by atoms with E-state index in [0.717, 1.165) is 40.1 Å². The van der Waals surface area contributed by atoms with Crippen molar-refractivity contribution in [1.29, 1.82) is 0 Å². The number of amides is 1. The van der Waals surface area contributed by atoms with Crippen molar-refractivity contribution in [2.24, 2.45) is 0 Å². The molecule has 0 bridgehead atoms. The minimum atomic E-state index is -0.423. The van der Waals surface area contributed by atoms with Crippen LogP contribution in [0.2, 0.25) is 0 Å². The highest BCUT2D eigenvalue weighted by Crippen LogP contribution is 2.22. The number of ether oxygens (including phenoxy) is 1. The zero-order valence-corrected chi connectivity index (χ0v) is 14.5. The SMILES string of the molecule is CCCOC(=O)Nc1ccc(NCc2cc3ccccc3o2)cc1C. The second kappa shape index (κ2) is 7.75. The molecular formula is C20H22N2O3. The van der Waals surface area contributed by atoms with Gasteiger partial charge in [0.25, 0.3) is 0 Å². The molecule has 0 fully saturated rings. The van der Waals surface area contributed by atoms with Crippen LogP contribution in [0.25, 0.3) is 11.0 Å². The lowest BCUT2D eigenvalue weighted by Gasteiger charge is -2.11. The lowest BCUT2D eigenvalue weighted by Crippen LogP contribution is -2.14. The van der Waals surface area contributed by atoms with Crippen LogP contribution in [0.1, 0.15) is 24.7 Å². The van der Waals surface area contributed by atoms with E-state index in [0.29, 0.717) is 13.2 Å². The quantitative estimate of drug-likeness (QED) is 0.639. The standard InChI is InChI=1S/C20H22N2O3/c1-3-10-24-20(23)22-18-9-8-16(11-14(18)2)21-13-17-12-15-6-4-5-7-19(15)25-17/h4-9,11-12,21H,3,10,13H2,1-2H3,(H,22,23). The average molecular weight is 338 g/mol. The normalized spacial score (nSPS) is 10.6. The maximum Gasteiger partial charge on any atom is 0.411 e. The van der Waals surface area contributed by atoms with Gasteiger partial charge in [-0.3, -0.25) is 5.32 Å². The van der Waals surface area contributed by atoms with Crippen LogP contribution in [-0.4, -0.2) is 12.7 Å². The predicted octanol–water partition coefficient (Wildman–Crippen LogP) is 5.31. The van der Waals surface area contributed by atoms with Gasteiger partial charge in [0.15, 0.2) is 0 Å². The first kappa shape index (κ1) is 16.9. The number of carbonyl (C=O) groups excluding carboxylic acids is 1. The maximum atomic E-state index is 11.6. The average Bonchev–Trinajstić information content (AvgIpc) is 3.03. The van der Waals surface area contributed by atoms with E-state index in [4.69, 9.17) is 9.15 Å². The Labute approximate surface area is 147 Å². The summed E-state index contributed by atoms with van der Waals surface area (Å²) in [6, 6.07) is 15.8. The first-order chi connectivity index (χ1) is 12.2. The third kappa shape index (κ3) is 4.32. The monoisotopic (exact) mass is 338 g/mol. The van der Waals surface area contributed by atoms with Crippen LogP contribution in [0.15, 0.2) is 52.9 Å². The molecule has 1 aromatic heterocycles. The van der Waals surface area contributed by atoms with Gasteiger partial charge in [-0.05, 0) is 49.2 Å². The Hall–Kier alpha value is -2.95. The predicted molar refractivity (Wildman–Crippen MR) is 100.0 cm³/mol. The molecule has 0 spiro atoms. The van der Waals surface area contributed by atoms with E-state index in [9.17, 15) is 4.79 Å². The second-order valence-electron chi connectivity index (χ2n) is 5.89. The topological polar surface area (TPSA) is 63.5 Å². The van der Waals surface area contributed by atoms with Gasteiger partial charge in [0, 0.05) is 16.8 Å². The molecule has 0 aliphatic heterocycles. The molecule has 0 unspecified atom stereocenters. The number of hydrogen-bond acceptors (Lipinski definition) is 4. The third-order valence-corrected chi connectivity index (χ3v) is 3.84. The molecule has 130 valence electrons. The first-order valence-corrected chi connectivity index (χ1v) is 8.41. The van der Waals surface area contributed by atoms with Crippen molar-refractivity contribution in [3.8, 4) is 0 Å². The molecule has 0 radical (unpaired) electrons. The van der Waals surface area contributed by atoms with E-state index in [1.54, 1.807) is 0 Å². The van der Waals surface area contributed by atoms with Gasteiger partial charge in [0.2, 0.25) is 0 Å². The van der Waals surface area contributed by atoms with Crippen LogP contribution in [0.5, 0.6) is 0 Å². The van der Waals surface area contributed by atoms with Crippen molar-refractivity contribution in [2.45, 2.75) is 26.8 Å². The molecule has 5 nitrogen and oxygen atoms in total. The smallest absolute Gasteiger partial charge is 0.411 e. The van der Waals surface area contributed by atoms with E-state index >= 15 is 0 Å². The van der Waals surface area contributed by atoms with Gasteiger partial charge < -0.3 is 14.5 Å². The van der Waals surface area contributed by atoms with Crippen LogP contribution < -0.4 is 10.6 Å². The molecule has 5 heteroatoms. The van der Waals surface area contributed by atoms with E-state index in [2.05, 4.69) is 10.6 Å². The molecular weight excluding hydrogens is 316 g/mol. The molecule has 0 saturated heterocycles. The number of hydrogen-bond donors (Lipinski definition) is 2. The number of rotatable bonds is 6. The van der Waals surface area contributed by atoms with E-state index in [1.165, 1.54) is 0 Å². The highest BCUT2D eigenvalue weighted by molar-refractivity contribution is 5.86. The van der Waals surface area contributed by atoms with Crippen molar-refractivity contribution < 1.29 is 13.9 Å². The molecule has 1 amide bonds. The van der Waals surface area contributed by atoms with Crippen LogP contribution in [0, 0.1) is 6.92 Å². The molecule has 0 saturated carbocycles. The minimum absolute atomic E-state index is 0.419. The van der Waals surface area contributed by atoms with E-state index in [1.807, 2.05) is 62.4 Å². The molecule has 1 heterocycles. The summed E-state index contributed by atoms with van der Waals surface area (Å²) >= 11 is 0. The highest BCUT2D eigenvalue weighted by atomic mass is 16.5. The summed E-state index contributed by atoms with van der Waals surface area (Å²) in [6.07, 6.45) is 0.379. The van der Waals surface area contributed by atoms with Crippen molar-refractivity contribution in [1.82, 2.24) is 0 Å². The fraction of sp³-hybridized carbons (Fsp3) is 0.250. The number of benzene rings is 2. The van der Waals surface area contributed by atoms with Gasteiger partial charge in [-0.25, -0.2) is 4.79 Å². The molecule has 0 aliphatic rings. The summed E-state index contributed by atoms with van der Waals surface area (Å²) < 4.78 is 10.8. The minimum Gasteiger partial charge on any atom is -0.459 e. The Morgan fingerprint density at radius 3 is 2.76 bits per heavy atom. The maximum absolute atomic E-state index is 11.6. The van der Waals surface area contributed by atoms with Gasteiger partial charge in [0.1, 0.15) is 11.3 Å². The van der Waals surface area contributed by atoms with Crippen molar-refractivity contribution in [3.05, 3.63) is 59.9 Å². The molecule has 0 aliphatic carbocycles. The fourth-order valence-corrected chi connectivity index (χ4v) is 2.57. The molecule has 25 heavy (non-hydrogen) atoms. The summed E-state index contributed by atoms with van der Waals surface area (Å²) in [5, 5.41) is 7.19. The highest BCUT2D eigenvalue weighted by Gasteiger charge is 2.07. The molecule has 3 aromatic rings. The van der Waals surface area contributed by atoms with Gasteiger partial charge in [-0.15, -0.1) is 0 Å². The molecule has 0 atom stereocenters. The summed E-state index contributed by atoms with van der Waals surface area (Å²) in [5.74, 6) is 0.879. The number of anilines is 2. The Morgan fingerprint density at radius 2 is 2.00 bits per heavy atom. The van der Waals surface area contributed by atoms with Crippen molar-refractivity contribution in [3.63, 3.8) is 0 Å². The molecule has 3 rings (SSSR count). The molecule has 2 aromatic carbocycles. The van der Waals surface area contributed by atoms with Crippen LogP contribution in [-0.2, 0) is 11.3 Å². The number of fused-ring (bicyclic) bond motifs is 1. The Bertz CT molecular complexity index is 837. The van der Waals surface area contributed by atoms with Crippen LogP contribution >= 0.6 is 0 Å². The molecule has 2 N–H and O–H groups in total. The second-order valence-corrected chi connectivity index (χ2v) is 5.89. The zero-order valence-electron chi connectivity index (χ0n) is 14.5. The van der Waals surface area contributed by atoms with Crippen molar-refractivity contribution >= 4 is 28.4 Å². The summed E-state index contributed by atoms with van der Waals surface area (Å²) in [6.45, 7) is 4.92. The van der Waals surface area contributed by atoms with Crippen LogP contribution in [0.3, 0.4) is 0 Å². The van der Waals surface area contributed by atoms with Gasteiger partial charge in [0.05, 0.1) is 13.2 Å². The number of aryl methyl sites for hydroxylation is 1. The zero-order chi connectivity index (χ0) is 17.6. The van der Waals surface area contributed by atoms with Gasteiger partial charge in [-0.1, -0.05) is 25.1 Å². The Balaban J connectivity index is 1.61. The lowest BCUT2D eigenvalue weighted by molar-refractivity contribution is 0.161. The number of carbonyl (C=O) groups is 1. The van der Waals surface area contributed by atoms with E-state index in [-0.39, 0.29) is 0 Å². The van der Waals surface area contributed by atoms with E-state index < -0.39 is 6.09 Å². The number of nitrogens with one attached hydrogen (secondary N) is 2. The Morgan fingerprint density at radius 1 is 1.16 bits per heavy atom. The van der Waals surface area contributed by atoms with Crippen molar-refractivity contribution in [2.75, 3.05) is 17.2 Å². The lowest BCUT2D eigenvalue weighted by atomic mass is 10.1.